The molecule has 1 rings (SSSR count). The van der Waals surface area contributed by atoms with E-state index in [9.17, 15) is 9.59 Å². The fraction of sp³-hybridized carbons (Fsp3) is 0.882. The van der Waals surface area contributed by atoms with Crippen LogP contribution in [0.4, 0.5) is 0 Å². The molecule has 1 N–H and O–H groups in total. The maximum absolute atomic E-state index is 12.7. The number of hydrogen-bond acceptors (Lipinski definition) is 2. The summed E-state index contributed by atoms with van der Waals surface area (Å²) in [6.45, 7) is 15.4. The number of hydrogen-bond donors (Lipinski definition) is 1. The summed E-state index contributed by atoms with van der Waals surface area (Å²) in [6.07, 6.45) is 0.710. The predicted molar refractivity (Wildman–Crippen MR) is 85.7 cm³/mol. The Labute approximate surface area is 129 Å². The summed E-state index contributed by atoms with van der Waals surface area (Å²) in [5.41, 5.74) is 0. The smallest absolute Gasteiger partial charge is 0.245 e. The number of carbonyl (C=O) groups is 2. The van der Waals surface area contributed by atoms with E-state index in [0.29, 0.717) is 36.6 Å². The van der Waals surface area contributed by atoms with Gasteiger partial charge in [-0.1, -0.05) is 41.5 Å². The summed E-state index contributed by atoms with van der Waals surface area (Å²) >= 11 is 0. The van der Waals surface area contributed by atoms with E-state index in [0.717, 1.165) is 0 Å². The molecule has 4 nitrogen and oxygen atoms in total. The zero-order chi connectivity index (χ0) is 16.3. The molecule has 0 saturated carbocycles. The zero-order valence-corrected chi connectivity index (χ0v) is 14.6. The number of amides is 2. The van der Waals surface area contributed by atoms with Gasteiger partial charge in [-0.15, -0.1) is 0 Å². The first-order valence-electron chi connectivity index (χ1n) is 8.26. The highest BCUT2D eigenvalue weighted by Crippen LogP contribution is 2.25. The molecule has 0 aromatic rings. The molecule has 0 aromatic carbocycles. The Hall–Kier alpha value is -1.06. The van der Waals surface area contributed by atoms with Gasteiger partial charge >= 0.3 is 0 Å². The first-order chi connectivity index (χ1) is 9.65. The minimum atomic E-state index is -0.360. The summed E-state index contributed by atoms with van der Waals surface area (Å²) in [6, 6.07) is -0.713. The van der Waals surface area contributed by atoms with Gasteiger partial charge in [0.1, 0.15) is 12.1 Å². The highest BCUT2D eigenvalue weighted by molar-refractivity contribution is 5.96. The van der Waals surface area contributed by atoms with Crippen LogP contribution in [-0.4, -0.2) is 35.3 Å². The lowest BCUT2D eigenvalue weighted by atomic mass is 9.84. The van der Waals surface area contributed by atoms with E-state index in [1.165, 1.54) is 0 Å². The van der Waals surface area contributed by atoms with Crippen molar-refractivity contribution in [3.63, 3.8) is 0 Å². The average Bonchev–Trinajstić information content (AvgIpc) is 2.34. The van der Waals surface area contributed by atoms with Crippen molar-refractivity contribution in [2.24, 2.45) is 23.7 Å². The Morgan fingerprint density at radius 1 is 1.05 bits per heavy atom. The molecule has 2 unspecified atom stereocenters. The maximum atomic E-state index is 12.7. The largest absolute Gasteiger partial charge is 0.343 e. The predicted octanol–water partition coefficient (Wildman–Crippen LogP) is 2.68. The monoisotopic (exact) mass is 296 g/mol. The van der Waals surface area contributed by atoms with Gasteiger partial charge in [-0.3, -0.25) is 9.59 Å². The summed E-state index contributed by atoms with van der Waals surface area (Å²) in [4.78, 5) is 26.7. The van der Waals surface area contributed by atoms with Gasteiger partial charge in [-0.05, 0) is 37.0 Å². The quantitative estimate of drug-likeness (QED) is 0.819. The molecule has 2 atom stereocenters. The lowest BCUT2D eigenvalue weighted by Gasteiger charge is -2.41. The van der Waals surface area contributed by atoms with Crippen molar-refractivity contribution in [2.75, 3.05) is 6.54 Å². The number of rotatable bonds is 6. The molecular formula is C17H32N2O2. The molecular weight excluding hydrogens is 264 g/mol. The molecule has 1 aliphatic heterocycles. The number of nitrogens with zero attached hydrogens (tertiary/aromatic N) is 1. The van der Waals surface area contributed by atoms with Gasteiger partial charge in [0, 0.05) is 6.54 Å². The summed E-state index contributed by atoms with van der Waals surface area (Å²) in [5.74, 6) is 1.87. The Kier molecular flexibility index (Phi) is 6.24. The lowest BCUT2D eigenvalue weighted by molar-refractivity contribution is -0.150. The van der Waals surface area contributed by atoms with E-state index in [-0.39, 0.29) is 23.9 Å². The average molecular weight is 296 g/mol. The molecule has 1 heterocycles. The normalized spacial score (nSPS) is 23.7. The molecule has 0 spiro atoms. The van der Waals surface area contributed by atoms with Crippen LogP contribution in [0.3, 0.4) is 0 Å². The highest BCUT2D eigenvalue weighted by atomic mass is 16.2. The number of nitrogens with one attached hydrogen (secondary N) is 1. The fourth-order valence-corrected chi connectivity index (χ4v) is 3.18. The maximum Gasteiger partial charge on any atom is 0.245 e. The topological polar surface area (TPSA) is 49.4 Å². The van der Waals surface area contributed by atoms with Crippen molar-refractivity contribution >= 4 is 11.8 Å². The zero-order valence-electron chi connectivity index (χ0n) is 14.6. The molecule has 0 aliphatic carbocycles. The van der Waals surface area contributed by atoms with Crippen molar-refractivity contribution in [3.8, 4) is 0 Å². The van der Waals surface area contributed by atoms with Crippen LogP contribution < -0.4 is 5.32 Å². The molecule has 122 valence electrons. The van der Waals surface area contributed by atoms with E-state index in [1.807, 2.05) is 6.92 Å². The van der Waals surface area contributed by atoms with Crippen LogP contribution >= 0.6 is 0 Å². The number of carbonyl (C=O) groups excluding carboxylic acids is 2. The Morgan fingerprint density at radius 3 is 2.00 bits per heavy atom. The first kappa shape index (κ1) is 18.0. The second-order valence-electron chi connectivity index (χ2n) is 7.51. The van der Waals surface area contributed by atoms with Crippen molar-refractivity contribution in [3.05, 3.63) is 0 Å². The van der Waals surface area contributed by atoms with E-state index in [4.69, 9.17) is 0 Å². The van der Waals surface area contributed by atoms with Crippen LogP contribution in [0.25, 0.3) is 0 Å². The van der Waals surface area contributed by atoms with Crippen LogP contribution in [0.1, 0.15) is 54.9 Å². The van der Waals surface area contributed by atoms with Crippen molar-refractivity contribution < 1.29 is 9.59 Å². The molecule has 0 bridgehead atoms. The molecule has 1 fully saturated rings. The van der Waals surface area contributed by atoms with Gasteiger partial charge in [0.15, 0.2) is 0 Å². The molecule has 1 saturated heterocycles. The van der Waals surface area contributed by atoms with E-state index in [2.05, 4.69) is 46.9 Å². The summed E-state index contributed by atoms with van der Waals surface area (Å²) in [5, 5.41) is 2.88. The summed E-state index contributed by atoms with van der Waals surface area (Å²) < 4.78 is 0. The van der Waals surface area contributed by atoms with Crippen LogP contribution in [0.15, 0.2) is 0 Å². The van der Waals surface area contributed by atoms with E-state index < -0.39 is 0 Å². The van der Waals surface area contributed by atoms with E-state index in [1.54, 1.807) is 4.90 Å². The molecule has 0 aromatic heterocycles. The highest BCUT2D eigenvalue weighted by Gasteiger charge is 2.39. The van der Waals surface area contributed by atoms with Crippen LogP contribution in [-0.2, 0) is 9.59 Å². The fourth-order valence-electron chi connectivity index (χ4n) is 3.18. The Bertz CT molecular complexity index is 369. The molecule has 1 aliphatic rings. The molecule has 0 radical (unpaired) electrons. The van der Waals surface area contributed by atoms with Gasteiger partial charge < -0.3 is 10.2 Å². The standard InChI is InChI=1S/C17H32N2O2/c1-10(2)8-15-17(21)19(13(7)16(20)18-15)9-14(11(3)4)12(5)6/h10-15H,8-9H2,1-7H3,(H,18,20). The second-order valence-corrected chi connectivity index (χ2v) is 7.51. The minimum Gasteiger partial charge on any atom is -0.343 e. The Balaban J connectivity index is 2.90. The number of piperazine rings is 1. The summed E-state index contributed by atoms with van der Waals surface area (Å²) in [7, 11) is 0. The third-order valence-electron chi connectivity index (χ3n) is 4.57. The lowest BCUT2D eigenvalue weighted by Crippen LogP contribution is -2.63. The van der Waals surface area contributed by atoms with Gasteiger partial charge in [-0.2, -0.15) is 0 Å². The van der Waals surface area contributed by atoms with Crippen molar-refractivity contribution in [2.45, 2.75) is 67.0 Å². The third-order valence-corrected chi connectivity index (χ3v) is 4.57. The minimum absolute atomic E-state index is 0.0217. The molecule has 21 heavy (non-hydrogen) atoms. The van der Waals surface area contributed by atoms with Crippen molar-refractivity contribution in [1.82, 2.24) is 10.2 Å². The van der Waals surface area contributed by atoms with Crippen LogP contribution in [0.2, 0.25) is 0 Å². The van der Waals surface area contributed by atoms with Gasteiger partial charge in [0.25, 0.3) is 0 Å². The second kappa shape index (κ2) is 7.28. The SMILES string of the molecule is CC(C)CC1NC(=O)C(C)N(CC(C(C)C)C(C)C)C1=O. The van der Waals surface area contributed by atoms with Gasteiger partial charge in [0.2, 0.25) is 11.8 Å². The first-order valence-corrected chi connectivity index (χ1v) is 8.26. The van der Waals surface area contributed by atoms with Gasteiger partial charge in [0.05, 0.1) is 0 Å². The van der Waals surface area contributed by atoms with Gasteiger partial charge in [-0.25, -0.2) is 0 Å². The molecule has 2 amide bonds. The van der Waals surface area contributed by atoms with E-state index >= 15 is 0 Å². The third kappa shape index (κ3) is 4.45. The molecule has 4 heteroatoms. The van der Waals surface area contributed by atoms with Crippen LogP contribution in [0, 0.1) is 23.7 Å². The van der Waals surface area contributed by atoms with Crippen LogP contribution in [0.5, 0.6) is 0 Å². The Morgan fingerprint density at radius 2 is 1.57 bits per heavy atom. The van der Waals surface area contributed by atoms with Crippen molar-refractivity contribution in [1.29, 1.82) is 0 Å².